The lowest BCUT2D eigenvalue weighted by Gasteiger charge is -2.17. The number of pyridine rings is 1. The van der Waals surface area contributed by atoms with Gasteiger partial charge in [-0.3, -0.25) is 14.4 Å². The maximum atomic E-state index is 12.9. The first-order valence-electron chi connectivity index (χ1n) is 8.68. The summed E-state index contributed by atoms with van der Waals surface area (Å²) in [6.45, 7) is 6.33. The summed E-state index contributed by atoms with van der Waals surface area (Å²) in [5, 5.41) is 0.980. The molecule has 2 heterocycles. The first-order chi connectivity index (χ1) is 11.4. The van der Waals surface area contributed by atoms with Gasteiger partial charge in [0.25, 0.3) is 5.91 Å². The molecule has 0 bridgehead atoms. The Morgan fingerprint density at radius 3 is 2.67 bits per heavy atom. The van der Waals surface area contributed by atoms with E-state index in [9.17, 15) is 4.79 Å². The number of nitrogens with zero attached hydrogens (tertiary/aromatic N) is 3. The number of hydrogen-bond donors (Lipinski definition) is 0. The van der Waals surface area contributed by atoms with Gasteiger partial charge in [0.15, 0.2) is 0 Å². The molecule has 2 aromatic heterocycles. The van der Waals surface area contributed by atoms with Gasteiger partial charge in [0.2, 0.25) is 0 Å². The van der Waals surface area contributed by atoms with Crippen molar-refractivity contribution in [2.45, 2.75) is 64.3 Å². The Labute approximate surface area is 147 Å². The molecular formula is C19H25N3OS. The Balaban J connectivity index is 1.93. The van der Waals surface area contributed by atoms with Gasteiger partial charge in [-0.1, -0.05) is 46.1 Å². The summed E-state index contributed by atoms with van der Waals surface area (Å²) in [4.78, 5) is 22.9. The summed E-state index contributed by atoms with van der Waals surface area (Å²) in [5.74, 6) is -0.0434. The quantitative estimate of drug-likeness (QED) is 0.822. The fraction of sp³-hybridized carbons (Fsp3) is 0.526. The molecule has 0 N–H and O–H groups in total. The Hall–Kier alpha value is -1.75. The number of hydrogen-bond acceptors (Lipinski definition) is 4. The van der Waals surface area contributed by atoms with Crippen LogP contribution in [0.4, 0.5) is 0 Å². The highest BCUT2D eigenvalue weighted by Crippen LogP contribution is 2.27. The van der Waals surface area contributed by atoms with Crippen molar-refractivity contribution in [1.82, 2.24) is 9.55 Å². The number of carbonyl (C=O) groups is 1. The van der Waals surface area contributed by atoms with Crippen molar-refractivity contribution in [3.63, 3.8) is 0 Å². The monoisotopic (exact) mass is 343 g/mol. The van der Waals surface area contributed by atoms with E-state index in [1.54, 1.807) is 17.0 Å². The van der Waals surface area contributed by atoms with Gasteiger partial charge in [-0.25, -0.2) is 4.98 Å². The van der Waals surface area contributed by atoms with Crippen LogP contribution >= 0.6 is 11.3 Å². The SMILES string of the molecule is CC(C)(C)c1ncc(C(=O)n2ccccc2=NC2CCCCC2)s1. The highest BCUT2D eigenvalue weighted by molar-refractivity contribution is 7.13. The van der Waals surface area contributed by atoms with Gasteiger partial charge in [0, 0.05) is 11.6 Å². The number of carbonyl (C=O) groups excluding carboxylic acids is 1. The molecule has 0 aromatic carbocycles. The first-order valence-corrected chi connectivity index (χ1v) is 9.49. The van der Waals surface area contributed by atoms with Gasteiger partial charge in [0.05, 0.1) is 17.2 Å². The molecule has 0 saturated heterocycles. The number of rotatable bonds is 2. The maximum Gasteiger partial charge on any atom is 0.275 e. The highest BCUT2D eigenvalue weighted by Gasteiger charge is 2.21. The van der Waals surface area contributed by atoms with Gasteiger partial charge >= 0.3 is 0 Å². The summed E-state index contributed by atoms with van der Waals surface area (Å²) < 4.78 is 1.66. The predicted molar refractivity (Wildman–Crippen MR) is 97.4 cm³/mol. The lowest BCUT2D eigenvalue weighted by Crippen LogP contribution is -2.28. The molecule has 1 saturated carbocycles. The number of aromatic nitrogens is 2. The molecule has 128 valence electrons. The van der Waals surface area contributed by atoms with Crippen molar-refractivity contribution < 1.29 is 4.79 Å². The molecule has 0 aliphatic heterocycles. The van der Waals surface area contributed by atoms with Crippen molar-refractivity contribution in [3.8, 4) is 0 Å². The van der Waals surface area contributed by atoms with Crippen molar-refractivity contribution >= 4 is 17.2 Å². The fourth-order valence-electron chi connectivity index (χ4n) is 2.95. The summed E-state index contributed by atoms with van der Waals surface area (Å²) in [5.41, 5.74) is 0.708. The van der Waals surface area contributed by atoms with Gasteiger partial charge in [-0.2, -0.15) is 0 Å². The van der Waals surface area contributed by atoms with Crippen molar-refractivity contribution in [2.75, 3.05) is 0 Å². The van der Waals surface area contributed by atoms with E-state index in [1.165, 1.54) is 30.6 Å². The maximum absolute atomic E-state index is 12.9. The molecular weight excluding hydrogens is 318 g/mol. The third-order valence-electron chi connectivity index (χ3n) is 4.30. The van der Waals surface area contributed by atoms with Crippen LogP contribution in [0.5, 0.6) is 0 Å². The summed E-state index contributed by atoms with van der Waals surface area (Å²) in [6, 6.07) is 6.09. The number of thiazole rings is 1. The summed E-state index contributed by atoms with van der Waals surface area (Å²) >= 11 is 1.47. The smallest absolute Gasteiger partial charge is 0.267 e. The van der Waals surface area contributed by atoms with Gasteiger partial charge < -0.3 is 0 Å². The molecule has 0 atom stereocenters. The molecule has 1 aliphatic rings. The summed E-state index contributed by atoms with van der Waals surface area (Å²) in [7, 11) is 0. The molecule has 2 aromatic rings. The molecule has 0 radical (unpaired) electrons. The Morgan fingerprint density at radius 2 is 2.00 bits per heavy atom. The molecule has 0 spiro atoms. The van der Waals surface area contributed by atoms with Gasteiger partial charge in [-0.15, -0.1) is 11.3 Å². The van der Waals surface area contributed by atoms with Crippen LogP contribution in [-0.2, 0) is 5.41 Å². The molecule has 4 nitrogen and oxygen atoms in total. The van der Waals surface area contributed by atoms with Crippen LogP contribution in [0.3, 0.4) is 0 Å². The predicted octanol–water partition coefficient (Wildman–Crippen LogP) is 4.16. The Bertz CT molecular complexity index is 776. The Kier molecular flexibility index (Phi) is 4.99. The molecule has 1 aliphatic carbocycles. The van der Waals surface area contributed by atoms with E-state index in [0.717, 1.165) is 23.3 Å². The zero-order chi connectivity index (χ0) is 17.2. The van der Waals surface area contributed by atoms with E-state index in [4.69, 9.17) is 4.99 Å². The van der Waals surface area contributed by atoms with E-state index < -0.39 is 0 Å². The van der Waals surface area contributed by atoms with Gasteiger partial charge in [-0.05, 0) is 25.0 Å². The third-order valence-corrected chi connectivity index (χ3v) is 5.72. The van der Waals surface area contributed by atoms with Crippen LogP contribution in [0.1, 0.15) is 67.6 Å². The van der Waals surface area contributed by atoms with Crippen molar-refractivity contribution in [1.29, 1.82) is 0 Å². The van der Waals surface area contributed by atoms with Crippen LogP contribution in [-0.4, -0.2) is 21.5 Å². The molecule has 24 heavy (non-hydrogen) atoms. The third kappa shape index (κ3) is 3.83. The fourth-order valence-corrected chi connectivity index (χ4v) is 3.86. The van der Waals surface area contributed by atoms with Gasteiger partial charge in [0.1, 0.15) is 10.4 Å². The largest absolute Gasteiger partial charge is 0.275 e. The molecule has 3 rings (SSSR count). The minimum absolute atomic E-state index is 0.0418. The first kappa shape index (κ1) is 17.1. The normalized spacial score (nSPS) is 17.2. The lowest BCUT2D eigenvalue weighted by atomic mass is 9.96. The van der Waals surface area contributed by atoms with E-state index in [1.807, 2.05) is 18.2 Å². The van der Waals surface area contributed by atoms with E-state index in [2.05, 4.69) is 25.8 Å². The van der Waals surface area contributed by atoms with E-state index in [-0.39, 0.29) is 11.3 Å². The second-order valence-electron chi connectivity index (χ2n) is 7.43. The standard InChI is InChI=1S/C19H25N3OS/c1-19(2,3)18-20-13-15(24-18)17(23)22-12-8-7-11-16(22)21-14-9-5-4-6-10-14/h7-8,11-14H,4-6,9-10H2,1-3H3. The van der Waals surface area contributed by atoms with Crippen LogP contribution in [0.2, 0.25) is 0 Å². The molecule has 0 amide bonds. The highest BCUT2D eigenvalue weighted by atomic mass is 32.1. The zero-order valence-electron chi connectivity index (χ0n) is 14.7. The zero-order valence-corrected chi connectivity index (χ0v) is 15.5. The van der Waals surface area contributed by atoms with E-state index >= 15 is 0 Å². The lowest BCUT2D eigenvalue weighted by molar-refractivity contribution is 0.0958. The second-order valence-corrected chi connectivity index (χ2v) is 8.47. The average molecular weight is 343 g/mol. The van der Waals surface area contributed by atoms with Crippen molar-refractivity contribution in [2.24, 2.45) is 4.99 Å². The minimum atomic E-state index is -0.0434. The summed E-state index contributed by atoms with van der Waals surface area (Å²) in [6.07, 6.45) is 9.52. The Morgan fingerprint density at radius 1 is 1.25 bits per heavy atom. The van der Waals surface area contributed by atoms with E-state index in [0.29, 0.717) is 10.9 Å². The molecule has 0 unspecified atom stereocenters. The van der Waals surface area contributed by atoms with Crippen LogP contribution in [0.25, 0.3) is 0 Å². The molecule has 1 fully saturated rings. The van der Waals surface area contributed by atoms with Crippen LogP contribution < -0.4 is 5.49 Å². The average Bonchev–Trinajstić information content (AvgIpc) is 3.06. The van der Waals surface area contributed by atoms with Crippen LogP contribution in [0.15, 0.2) is 35.6 Å². The van der Waals surface area contributed by atoms with Crippen molar-refractivity contribution in [3.05, 3.63) is 46.0 Å². The molecule has 5 heteroatoms. The van der Waals surface area contributed by atoms with Crippen LogP contribution in [0, 0.1) is 0 Å². The topological polar surface area (TPSA) is 47.2 Å². The minimum Gasteiger partial charge on any atom is -0.267 e. The second kappa shape index (κ2) is 7.01.